The zero-order chi connectivity index (χ0) is 18.8. The lowest BCUT2D eigenvalue weighted by atomic mass is 10.1. The molecule has 0 spiro atoms. The van der Waals surface area contributed by atoms with Gasteiger partial charge in [-0.1, -0.05) is 36.1 Å². The summed E-state index contributed by atoms with van der Waals surface area (Å²) in [5.41, 5.74) is 2.40. The number of pyridine rings is 1. The van der Waals surface area contributed by atoms with E-state index in [-0.39, 0.29) is 12.5 Å². The highest BCUT2D eigenvalue weighted by Gasteiger charge is 2.22. The van der Waals surface area contributed by atoms with Gasteiger partial charge in [-0.25, -0.2) is 0 Å². The van der Waals surface area contributed by atoms with Gasteiger partial charge in [0.25, 0.3) is 5.91 Å². The van der Waals surface area contributed by atoms with Gasteiger partial charge in [0, 0.05) is 29.4 Å². The number of carbonyl (C=O) groups excluding carboxylic acids is 1. The van der Waals surface area contributed by atoms with E-state index in [0.717, 1.165) is 16.5 Å². The second-order valence-electron chi connectivity index (χ2n) is 5.58. The van der Waals surface area contributed by atoms with Crippen molar-refractivity contribution in [1.29, 1.82) is 5.26 Å². The first-order valence-electron chi connectivity index (χ1n) is 7.86. The van der Waals surface area contributed by atoms with Gasteiger partial charge in [-0.15, -0.1) is 0 Å². The molecule has 0 atom stereocenters. The summed E-state index contributed by atoms with van der Waals surface area (Å²) < 4.78 is 11.7. The summed E-state index contributed by atoms with van der Waals surface area (Å²) in [6.07, 6.45) is 5.10. The molecule has 1 fully saturated rings. The van der Waals surface area contributed by atoms with Crippen molar-refractivity contribution >= 4 is 51.3 Å². The molecular weight excluding hydrogens is 382 g/mol. The number of carbonyl (C=O) groups is 1. The fourth-order valence-electron chi connectivity index (χ4n) is 2.66. The molecule has 0 radical (unpaired) electrons. The number of nitrogens with one attached hydrogen (secondary N) is 1. The van der Waals surface area contributed by atoms with Crippen LogP contribution in [0.3, 0.4) is 0 Å². The molecule has 2 aromatic heterocycles. The van der Waals surface area contributed by atoms with Crippen LogP contribution in [-0.4, -0.2) is 21.8 Å². The molecule has 0 aliphatic carbocycles. The smallest absolute Gasteiger partial charge is 0.263 e. The van der Waals surface area contributed by atoms with Crippen molar-refractivity contribution in [3.05, 3.63) is 53.4 Å². The maximum absolute atomic E-state index is 11.8. The van der Waals surface area contributed by atoms with Gasteiger partial charge in [-0.3, -0.25) is 9.78 Å². The molecule has 1 aliphatic heterocycles. The van der Waals surface area contributed by atoms with Crippen molar-refractivity contribution < 1.29 is 13.9 Å². The molecule has 4 rings (SSSR count). The minimum atomic E-state index is -0.225. The summed E-state index contributed by atoms with van der Waals surface area (Å²) in [5, 5.41) is 12.0. The molecule has 3 aromatic rings. The molecule has 3 heterocycles. The van der Waals surface area contributed by atoms with Crippen LogP contribution in [-0.2, 0) is 4.79 Å². The maximum Gasteiger partial charge on any atom is 0.263 e. The highest BCUT2D eigenvalue weighted by molar-refractivity contribution is 8.26. The number of ether oxygens (including phenoxy) is 1. The van der Waals surface area contributed by atoms with E-state index in [0.29, 0.717) is 26.3 Å². The Morgan fingerprint density at radius 2 is 2.15 bits per heavy atom. The van der Waals surface area contributed by atoms with Crippen LogP contribution >= 0.6 is 24.0 Å². The number of hydrogen-bond donors (Lipinski definition) is 1. The molecule has 0 bridgehead atoms. The van der Waals surface area contributed by atoms with Crippen molar-refractivity contribution in [3.8, 4) is 22.9 Å². The van der Waals surface area contributed by atoms with E-state index in [1.165, 1.54) is 11.8 Å². The predicted molar refractivity (Wildman–Crippen MR) is 107 cm³/mol. The maximum atomic E-state index is 11.8. The lowest BCUT2D eigenvalue weighted by Gasteiger charge is -2.04. The van der Waals surface area contributed by atoms with Crippen LogP contribution in [0.15, 0.2) is 52.0 Å². The third-order valence-corrected chi connectivity index (χ3v) is 4.99. The number of amides is 1. The number of furan rings is 1. The number of aromatic nitrogens is 1. The van der Waals surface area contributed by atoms with Gasteiger partial charge in [-0.05, 0) is 23.8 Å². The van der Waals surface area contributed by atoms with Gasteiger partial charge in [0.2, 0.25) is 0 Å². The highest BCUT2D eigenvalue weighted by Crippen LogP contribution is 2.33. The summed E-state index contributed by atoms with van der Waals surface area (Å²) in [5.74, 6) is 0.942. The standard InChI is InChI=1S/C19H11N3O3S2/c20-5-6-24-13-3-1-11(2-4-13)15-10-21-9-12-7-14(25-17(12)15)8-16-18(23)22-19(26)27-16/h1-4,7-10H,6H2,(H,22,23,26). The van der Waals surface area contributed by atoms with Crippen LogP contribution in [0.4, 0.5) is 0 Å². The first-order chi connectivity index (χ1) is 13.1. The average Bonchev–Trinajstić information content (AvgIpc) is 3.22. The molecule has 0 unspecified atom stereocenters. The second-order valence-corrected chi connectivity index (χ2v) is 7.30. The lowest BCUT2D eigenvalue weighted by molar-refractivity contribution is -0.115. The molecule has 27 heavy (non-hydrogen) atoms. The zero-order valence-corrected chi connectivity index (χ0v) is 15.4. The van der Waals surface area contributed by atoms with E-state index < -0.39 is 0 Å². The minimum Gasteiger partial charge on any atom is -0.479 e. The van der Waals surface area contributed by atoms with E-state index in [4.69, 9.17) is 26.6 Å². The number of thiocarbonyl (C=S) groups is 1. The van der Waals surface area contributed by atoms with Crippen molar-refractivity contribution in [3.63, 3.8) is 0 Å². The van der Waals surface area contributed by atoms with E-state index in [1.807, 2.05) is 24.3 Å². The highest BCUT2D eigenvalue weighted by atomic mass is 32.2. The molecule has 1 N–H and O–H groups in total. The quantitative estimate of drug-likeness (QED) is 0.531. The number of hydrogen-bond acceptors (Lipinski definition) is 7. The Morgan fingerprint density at radius 1 is 1.33 bits per heavy atom. The summed E-state index contributed by atoms with van der Waals surface area (Å²) in [7, 11) is 0. The van der Waals surface area contributed by atoms with Crippen molar-refractivity contribution in [1.82, 2.24) is 10.3 Å². The molecule has 132 valence electrons. The Bertz CT molecular complexity index is 1130. The third kappa shape index (κ3) is 3.56. The topological polar surface area (TPSA) is 88.1 Å². The molecular formula is C19H11N3O3S2. The summed E-state index contributed by atoms with van der Waals surface area (Å²) in [6, 6.07) is 11.1. The summed E-state index contributed by atoms with van der Waals surface area (Å²) in [4.78, 5) is 16.6. The van der Waals surface area contributed by atoms with E-state index >= 15 is 0 Å². The van der Waals surface area contributed by atoms with Gasteiger partial charge < -0.3 is 14.5 Å². The summed E-state index contributed by atoms with van der Waals surface area (Å²) in [6.45, 7) is 0.00171. The first kappa shape index (κ1) is 17.3. The molecule has 0 saturated carbocycles. The van der Waals surface area contributed by atoms with Crippen LogP contribution < -0.4 is 10.1 Å². The van der Waals surface area contributed by atoms with E-state index in [2.05, 4.69) is 10.3 Å². The fourth-order valence-corrected chi connectivity index (χ4v) is 3.68. The summed E-state index contributed by atoms with van der Waals surface area (Å²) >= 11 is 6.20. The van der Waals surface area contributed by atoms with Gasteiger partial charge >= 0.3 is 0 Å². The molecule has 1 saturated heterocycles. The Kier molecular flexibility index (Phi) is 4.62. The second kappa shape index (κ2) is 7.23. The van der Waals surface area contributed by atoms with E-state index in [9.17, 15) is 4.79 Å². The first-order valence-corrected chi connectivity index (χ1v) is 9.09. The Balaban J connectivity index is 1.69. The van der Waals surface area contributed by atoms with Crippen LogP contribution in [0.5, 0.6) is 5.75 Å². The van der Waals surface area contributed by atoms with Crippen LogP contribution in [0.25, 0.3) is 28.2 Å². The van der Waals surface area contributed by atoms with Crippen LogP contribution in [0.1, 0.15) is 5.76 Å². The molecule has 1 aliphatic rings. The number of fused-ring (bicyclic) bond motifs is 1. The van der Waals surface area contributed by atoms with Gasteiger partial charge in [0.05, 0.1) is 4.91 Å². The van der Waals surface area contributed by atoms with Gasteiger partial charge in [-0.2, -0.15) is 5.26 Å². The Hall–Kier alpha value is -3.15. The lowest BCUT2D eigenvalue weighted by Crippen LogP contribution is -2.17. The molecule has 1 amide bonds. The van der Waals surface area contributed by atoms with E-state index in [1.54, 1.807) is 30.6 Å². The number of nitriles is 1. The fraction of sp³-hybridized carbons (Fsp3) is 0.0526. The third-order valence-electron chi connectivity index (χ3n) is 3.83. The van der Waals surface area contributed by atoms with Crippen LogP contribution in [0, 0.1) is 11.3 Å². The number of benzene rings is 1. The molecule has 8 heteroatoms. The van der Waals surface area contributed by atoms with Crippen LogP contribution in [0.2, 0.25) is 0 Å². The Morgan fingerprint density at radius 3 is 2.85 bits per heavy atom. The van der Waals surface area contributed by atoms with Crippen molar-refractivity contribution in [2.45, 2.75) is 0 Å². The average molecular weight is 393 g/mol. The van der Waals surface area contributed by atoms with Crippen molar-refractivity contribution in [2.24, 2.45) is 0 Å². The molecule has 1 aromatic carbocycles. The largest absolute Gasteiger partial charge is 0.479 e. The van der Waals surface area contributed by atoms with Crippen molar-refractivity contribution in [2.75, 3.05) is 6.61 Å². The predicted octanol–water partition coefficient (Wildman–Crippen LogP) is 3.89. The number of nitrogens with zero attached hydrogens (tertiary/aromatic N) is 2. The number of rotatable bonds is 4. The SMILES string of the molecule is N#CCOc1ccc(-c2cncc3cc(C=C4SC(=S)NC4=O)oc23)cc1. The van der Waals surface area contributed by atoms with Gasteiger partial charge in [0.1, 0.15) is 27.5 Å². The Labute approximate surface area is 163 Å². The minimum absolute atomic E-state index is 0.00171. The zero-order valence-electron chi connectivity index (χ0n) is 13.8. The normalized spacial score (nSPS) is 15.1. The number of thioether (sulfide) groups is 1. The van der Waals surface area contributed by atoms with Gasteiger partial charge in [0.15, 0.2) is 6.61 Å². The molecule has 6 nitrogen and oxygen atoms in total. The monoisotopic (exact) mass is 393 g/mol.